The zero-order valence-corrected chi connectivity index (χ0v) is 15.5. The van der Waals surface area contributed by atoms with E-state index in [2.05, 4.69) is 29.6 Å². The van der Waals surface area contributed by atoms with Gasteiger partial charge in [-0.15, -0.1) is 0 Å². The van der Waals surface area contributed by atoms with Crippen molar-refractivity contribution in [1.29, 1.82) is 0 Å². The van der Waals surface area contributed by atoms with Gasteiger partial charge in [-0.1, -0.05) is 42.5 Å². The van der Waals surface area contributed by atoms with Gasteiger partial charge < -0.3 is 15.0 Å². The SMILES string of the molecule is CN(C(=O)NCCCCOc1ccccc1)[C@@H]1CCCc2ccccc21. The lowest BCUT2D eigenvalue weighted by Crippen LogP contribution is -2.41. The molecule has 1 aliphatic carbocycles. The summed E-state index contributed by atoms with van der Waals surface area (Å²) in [6, 6.07) is 18.5. The van der Waals surface area contributed by atoms with Gasteiger partial charge in [0.2, 0.25) is 0 Å². The van der Waals surface area contributed by atoms with Crippen LogP contribution in [0.15, 0.2) is 54.6 Å². The first-order valence-electron chi connectivity index (χ1n) is 9.52. The third-order valence-electron chi connectivity index (χ3n) is 4.98. The number of rotatable bonds is 7. The molecule has 1 N–H and O–H groups in total. The number of hydrogen-bond acceptors (Lipinski definition) is 2. The Kier molecular flexibility index (Phi) is 6.53. The number of nitrogens with zero attached hydrogens (tertiary/aromatic N) is 1. The molecule has 3 rings (SSSR count). The summed E-state index contributed by atoms with van der Waals surface area (Å²) in [5, 5.41) is 3.04. The summed E-state index contributed by atoms with van der Waals surface area (Å²) < 4.78 is 5.67. The number of aryl methyl sites for hydroxylation is 1. The van der Waals surface area contributed by atoms with E-state index in [1.54, 1.807) is 0 Å². The molecule has 138 valence electrons. The lowest BCUT2D eigenvalue weighted by molar-refractivity contribution is 0.183. The number of benzene rings is 2. The average molecular weight is 352 g/mol. The third-order valence-corrected chi connectivity index (χ3v) is 4.98. The molecular weight excluding hydrogens is 324 g/mol. The van der Waals surface area contributed by atoms with Crippen molar-refractivity contribution in [2.45, 2.75) is 38.1 Å². The number of urea groups is 1. The Morgan fingerprint density at radius 2 is 1.88 bits per heavy atom. The molecule has 2 amide bonds. The van der Waals surface area contributed by atoms with Crippen LogP contribution in [0.3, 0.4) is 0 Å². The Balaban J connectivity index is 1.38. The van der Waals surface area contributed by atoms with Crippen LogP contribution < -0.4 is 10.1 Å². The van der Waals surface area contributed by atoms with E-state index in [4.69, 9.17) is 4.74 Å². The molecule has 1 aliphatic rings. The maximum Gasteiger partial charge on any atom is 0.317 e. The molecule has 0 radical (unpaired) electrons. The number of fused-ring (bicyclic) bond motifs is 1. The molecule has 0 fully saturated rings. The number of nitrogens with one attached hydrogen (secondary N) is 1. The van der Waals surface area contributed by atoms with Gasteiger partial charge in [-0.2, -0.15) is 0 Å². The summed E-state index contributed by atoms with van der Waals surface area (Å²) in [4.78, 5) is 14.3. The van der Waals surface area contributed by atoms with Crippen LogP contribution in [-0.4, -0.2) is 31.1 Å². The third kappa shape index (κ3) is 4.78. The number of hydrogen-bond donors (Lipinski definition) is 1. The predicted molar refractivity (Wildman–Crippen MR) is 104 cm³/mol. The van der Waals surface area contributed by atoms with Crippen LogP contribution in [0.4, 0.5) is 4.79 Å². The molecule has 0 unspecified atom stereocenters. The smallest absolute Gasteiger partial charge is 0.317 e. The van der Waals surface area contributed by atoms with Crippen LogP contribution in [0.2, 0.25) is 0 Å². The second-order valence-electron chi connectivity index (χ2n) is 6.82. The van der Waals surface area contributed by atoms with Crippen molar-refractivity contribution in [1.82, 2.24) is 10.2 Å². The second-order valence-corrected chi connectivity index (χ2v) is 6.82. The average Bonchev–Trinajstić information content (AvgIpc) is 2.70. The van der Waals surface area contributed by atoms with E-state index in [1.807, 2.05) is 42.3 Å². The van der Waals surface area contributed by atoms with Crippen molar-refractivity contribution in [3.8, 4) is 5.75 Å². The van der Waals surface area contributed by atoms with E-state index in [9.17, 15) is 4.79 Å². The van der Waals surface area contributed by atoms with Crippen LogP contribution >= 0.6 is 0 Å². The molecule has 4 nitrogen and oxygen atoms in total. The summed E-state index contributed by atoms with van der Waals surface area (Å²) in [6.07, 6.45) is 5.12. The molecule has 0 aliphatic heterocycles. The van der Waals surface area contributed by atoms with Crippen molar-refractivity contribution in [2.75, 3.05) is 20.2 Å². The Morgan fingerprint density at radius 3 is 2.73 bits per heavy atom. The van der Waals surface area contributed by atoms with Crippen LogP contribution in [0.25, 0.3) is 0 Å². The fourth-order valence-corrected chi connectivity index (χ4v) is 3.53. The molecule has 26 heavy (non-hydrogen) atoms. The molecular formula is C22H28N2O2. The summed E-state index contributed by atoms with van der Waals surface area (Å²) in [5.74, 6) is 0.896. The normalized spacial score (nSPS) is 15.8. The summed E-state index contributed by atoms with van der Waals surface area (Å²) in [5.41, 5.74) is 2.68. The van der Waals surface area contributed by atoms with Crippen LogP contribution in [0.1, 0.15) is 42.9 Å². The summed E-state index contributed by atoms with van der Waals surface area (Å²) >= 11 is 0. The quantitative estimate of drug-likeness (QED) is 0.742. The van der Waals surface area contributed by atoms with Gasteiger partial charge in [-0.25, -0.2) is 4.79 Å². The fourth-order valence-electron chi connectivity index (χ4n) is 3.53. The van der Waals surface area contributed by atoms with Crippen LogP contribution in [0, 0.1) is 0 Å². The number of carbonyl (C=O) groups is 1. The van der Waals surface area contributed by atoms with Gasteiger partial charge in [-0.3, -0.25) is 0 Å². The zero-order valence-electron chi connectivity index (χ0n) is 15.5. The van der Waals surface area contributed by atoms with Gasteiger partial charge in [0.15, 0.2) is 0 Å². The maximum atomic E-state index is 12.5. The highest BCUT2D eigenvalue weighted by Gasteiger charge is 2.26. The van der Waals surface area contributed by atoms with Gasteiger partial charge in [0.05, 0.1) is 12.6 Å². The predicted octanol–water partition coefficient (Wildman–Crippen LogP) is 4.56. The molecule has 1 atom stereocenters. The first-order valence-corrected chi connectivity index (χ1v) is 9.52. The largest absolute Gasteiger partial charge is 0.494 e. The number of para-hydroxylation sites is 1. The number of unbranched alkanes of at least 4 members (excludes halogenated alkanes) is 1. The fraction of sp³-hybridized carbons (Fsp3) is 0.409. The van der Waals surface area contributed by atoms with E-state index in [1.165, 1.54) is 11.1 Å². The minimum Gasteiger partial charge on any atom is -0.494 e. The molecule has 0 saturated carbocycles. The molecule has 0 saturated heterocycles. The van der Waals surface area contributed by atoms with Gasteiger partial charge >= 0.3 is 6.03 Å². The highest BCUT2D eigenvalue weighted by atomic mass is 16.5. The van der Waals surface area contributed by atoms with Gasteiger partial charge in [-0.05, 0) is 55.4 Å². The van der Waals surface area contributed by atoms with Crippen molar-refractivity contribution >= 4 is 6.03 Å². The van der Waals surface area contributed by atoms with E-state index in [0.29, 0.717) is 13.2 Å². The van der Waals surface area contributed by atoms with Crippen molar-refractivity contribution in [3.05, 3.63) is 65.7 Å². The lowest BCUT2D eigenvalue weighted by Gasteiger charge is -2.33. The first kappa shape index (κ1) is 18.3. The standard InChI is InChI=1S/C22H28N2O2/c1-24(21-15-9-11-18-10-5-6-14-20(18)21)22(25)23-16-7-8-17-26-19-12-3-2-4-13-19/h2-6,10,12-14,21H,7-9,11,15-17H2,1H3,(H,23,25)/t21-/m1/s1. The first-order chi connectivity index (χ1) is 12.8. The zero-order chi connectivity index (χ0) is 18.2. The van der Waals surface area contributed by atoms with E-state index < -0.39 is 0 Å². The molecule has 0 aromatic heterocycles. The Morgan fingerprint density at radius 1 is 1.12 bits per heavy atom. The minimum atomic E-state index is 0.00989. The van der Waals surface area contributed by atoms with E-state index >= 15 is 0 Å². The topological polar surface area (TPSA) is 41.6 Å². The minimum absolute atomic E-state index is 0.00989. The summed E-state index contributed by atoms with van der Waals surface area (Å²) in [7, 11) is 1.90. The van der Waals surface area contributed by atoms with E-state index in [0.717, 1.165) is 37.9 Å². The Labute approximate surface area is 156 Å². The van der Waals surface area contributed by atoms with Gasteiger partial charge in [0, 0.05) is 13.6 Å². The number of carbonyl (C=O) groups excluding carboxylic acids is 1. The van der Waals surface area contributed by atoms with E-state index in [-0.39, 0.29) is 12.1 Å². The van der Waals surface area contributed by atoms with Crippen molar-refractivity contribution in [2.24, 2.45) is 0 Å². The van der Waals surface area contributed by atoms with Gasteiger partial charge in [0.25, 0.3) is 0 Å². The summed E-state index contributed by atoms with van der Waals surface area (Å²) in [6.45, 7) is 1.35. The monoisotopic (exact) mass is 352 g/mol. The number of ether oxygens (including phenoxy) is 1. The Hall–Kier alpha value is -2.49. The Bertz CT molecular complexity index is 702. The highest BCUT2D eigenvalue weighted by Crippen LogP contribution is 2.33. The van der Waals surface area contributed by atoms with Crippen molar-refractivity contribution in [3.63, 3.8) is 0 Å². The molecule has 0 bridgehead atoms. The second kappa shape index (κ2) is 9.27. The van der Waals surface area contributed by atoms with Gasteiger partial charge in [0.1, 0.15) is 5.75 Å². The highest BCUT2D eigenvalue weighted by molar-refractivity contribution is 5.74. The van der Waals surface area contributed by atoms with Crippen LogP contribution in [-0.2, 0) is 6.42 Å². The van der Waals surface area contributed by atoms with Crippen molar-refractivity contribution < 1.29 is 9.53 Å². The molecule has 4 heteroatoms. The maximum absolute atomic E-state index is 12.5. The lowest BCUT2D eigenvalue weighted by atomic mass is 9.87. The number of amides is 2. The molecule has 0 spiro atoms. The molecule has 0 heterocycles. The molecule has 2 aromatic rings. The molecule has 2 aromatic carbocycles. The van der Waals surface area contributed by atoms with Crippen LogP contribution in [0.5, 0.6) is 5.75 Å².